The largest absolute Gasteiger partial charge is 0.497 e. The minimum Gasteiger partial charge on any atom is -0.497 e. The Labute approximate surface area is 170 Å². The Morgan fingerprint density at radius 1 is 1.03 bits per heavy atom. The molecule has 0 aliphatic heterocycles. The third-order valence-electron chi connectivity index (χ3n) is 4.39. The van der Waals surface area contributed by atoms with Crippen LogP contribution in [-0.2, 0) is 6.54 Å². The smallest absolute Gasteiger partial charge is 0.254 e. The molecule has 1 aromatic heterocycles. The second-order valence-electron chi connectivity index (χ2n) is 6.43. The van der Waals surface area contributed by atoms with Crippen molar-refractivity contribution in [3.63, 3.8) is 0 Å². The van der Waals surface area contributed by atoms with Gasteiger partial charge in [0, 0.05) is 17.7 Å². The molecule has 0 spiro atoms. The average Bonchev–Trinajstić information content (AvgIpc) is 3.24. The number of benzene rings is 2. The summed E-state index contributed by atoms with van der Waals surface area (Å²) < 4.78 is 16.1. The van der Waals surface area contributed by atoms with Crippen LogP contribution in [0.1, 0.15) is 36.5 Å². The van der Waals surface area contributed by atoms with Gasteiger partial charge in [0.15, 0.2) is 0 Å². The van der Waals surface area contributed by atoms with Gasteiger partial charge in [-0.15, -0.1) is 0 Å². The lowest BCUT2D eigenvalue weighted by Crippen LogP contribution is -2.30. The van der Waals surface area contributed by atoms with Crippen LogP contribution in [-0.4, -0.2) is 41.2 Å². The van der Waals surface area contributed by atoms with Crippen LogP contribution in [0.4, 0.5) is 0 Å². The van der Waals surface area contributed by atoms with Crippen LogP contribution in [0.5, 0.6) is 11.5 Å². The van der Waals surface area contributed by atoms with E-state index in [4.69, 9.17) is 14.0 Å². The Bertz CT molecular complexity index is 920. The topological polar surface area (TPSA) is 77.7 Å². The van der Waals surface area contributed by atoms with Crippen LogP contribution in [0.15, 0.2) is 53.1 Å². The van der Waals surface area contributed by atoms with Gasteiger partial charge in [0.25, 0.3) is 5.91 Å². The maximum Gasteiger partial charge on any atom is 0.254 e. The molecule has 2 aromatic carbocycles. The first-order valence-electron chi connectivity index (χ1n) is 9.63. The summed E-state index contributed by atoms with van der Waals surface area (Å²) in [6.45, 7) is 5.38. The van der Waals surface area contributed by atoms with Gasteiger partial charge >= 0.3 is 0 Å². The monoisotopic (exact) mass is 395 g/mol. The third-order valence-corrected chi connectivity index (χ3v) is 4.39. The van der Waals surface area contributed by atoms with Gasteiger partial charge in [0.05, 0.1) is 13.7 Å². The number of nitrogens with zero attached hydrogens (tertiary/aromatic N) is 3. The molecule has 0 saturated carbocycles. The fraction of sp³-hybridized carbons (Fsp3) is 0.318. The lowest BCUT2D eigenvalue weighted by Gasteiger charge is -2.19. The van der Waals surface area contributed by atoms with Crippen molar-refractivity contribution in [3.05, 3.63) is 60.0 Å². The Kier molecular flexibility index (Phi) is 6.84. The summed E-state index contributed by atoms with van der Waals surface area (Å²) in [4.78, 5) is 18.9. The number of carbonyl (C=O) groups excluding carboxylic acids is 1. The lowest BCUT2D eigenvalue weighted by molar-refractivity contribution is 0.0734. The standard InChI is InChI=1S/C22H25N3O4/c1-4-14-28-19-12-8-17(9-13-19)22(26)25(5-2)15-20-23-21(24-29-20)16-6-10-18(27-3)11-7-16/h6-13H,4-5,14-15H2,1-3H3. The van der Waals surface area contributed by atoms with Crippen LogP contribution in [0.25, 0.3) is 11.4 Å². The molecule has 3 aromatic rings. The van der Waals surface area contributed by atoms with Crippen molar-refractivity contribution in [1.29, 1.82) is 0 Å². The van der Waals surface area contributed by atoms with Crippen LogP contribution in [0.2, 0.25) is 0 Å². The maximum absolute atomic E-state index is 12.8. The number of hydrogen-bond acceptors (Lipinski definition) is 6. The number of hydrogen-bond donors (Lipinski definition) is 0. The van der Waals surface area contributed by atoms with Crippen LogP contribution in [0.3, 0.4) is 0 Å². The number of carbonyl (C=O) groups is 1. The zero-order chi connectivity index (χ0) is 20.6. The third kappa shape index (κ3) is 5.13. The van der Waals surface area contributed by atoms with Crippen molar-refractivity contribution in [2.75, 3.05) is 20.3 Å². The molecule has 0 fully saturated rings. The molecular formula is C22H25N3O4. The zero-order valence-corrected chi connectivity index (χ0v) is 16.9. The van der Waals surface area contributed by atoms with Gasteiger partial charge in [-0.05, 0) is 61.9 Å². The highest BCUT2D eigenvalue weighted by Crippen LogP contribution is 2.20. The van der Waals surface area contributed by atoms with Crippen molar-refractivity contribution in [3.8, 4) is 22.9 Å². The fourth-order valence-corrected chi connectivity index (χ4v) is 2.76. The number of amides is 1. The highest BCUT2D eigenvalue weighted by atomic mass is 16.5. The van der Waals surface area contributed by atoms with E-state index in [-0.39, 0.29) is 12.5 Å². The zero-order valence-electron chi connectivity index (χ0n) is 16.9. The molecule has 0 aliphatic rings. The summed E-state index contributed by atoms with van der Waals surface area (Å²) in [6.07, 6.45) is 0.937. The van der Waals surface area contributed by atoms with Gasteiger partial charge in [-0.25, -0.2) is 0 Å². The summed E-state index contributed by atoms with van der Waals surface area (Å²) in [6, 6.07) is 14.6. The summed E-state index contributed by atoms with van der Waals surface area (Å²) in [7, 11) is 1.61. The molecule has 3 rings (SSSR count). The number of rotatable bonds is 9. The van der Waals surface area contributed by atoms with Crippen molar-refractivity contribution in [2.45, 2.75) is 26.8 Å². The highest BCUT2D eigenvalue weighted by molar-refractivity contribution is 5.94. The quantitative estimate of drug-likeness (QED) is 0.540. The molecule has 152 valence electrons. The van der Waals surface area contributed by atoms with E-state index in [9.17, 15) is 4.79 Å². The van der Waals surface area contributed by atoms with Crippen molar-refractivity contribution < 1.29 is 18.8 Å². The van der Waals surface area contributed by atoms with Crippen LogP contribution >= 0.6 is 0 Å². The molecule has 0 atom stereocenters. The van der Waals surface area contributed by atoms with Crippen LogP contribution < -0.4 is 9.47 Å². The SMILES string of the molecule is CCCOc1ccc(C(=O)N(CC)Cc2nc(-c3ccc(OC)cc3)no2)cc1. The summed E-state index contributed by atoms with van der Waals surface area (Å²) in [5, 5.41) is 4.02. The van der Waals surface area contributed by atoms with Gasteiger partial charge in [-0.2, -0.15) is 4.98 Å². The van der Waals surface area contributed by atoms with Gasteiger partial charge < -0.3 is 18.9 Å². The molecule has 29 heavy (non-hydrogen) atoms. The first kappa shape index (κ1) is 20.4. The maximum atomic E-state index is 12.8. The molecule has 1 heterocycles. The van der Waals surface area contributed by atoms with E-state index in [1.807, 2.05) is 43.3 Å². The minimum atomic E-state index is -0.0984. The summed E-state index contributed by atoms with van der Waals surface area (Å²) in [5.41, 5.74) is 1.41. The lowest BCUT2D eigenvalue weighted by atomic mass is 10.2. The summed E-state index contributed by atoms with van der Waals surface area (Å²) >= 11 is 0. The second-order valence-corrected chi connectivity index (χ2v) is 6.43. The van der Waals surface area contributed by atoms with Gasteiger partial charge in [-0.1, -0.05) is 12.1 Å². The Balaban J connectivity index is 1.67. The first-order valence-corrected chi connectivity index (χ1v) is 9.63. The minimum absolute atomic E-state index is 0.0984. The van der Waals surface area contributed by atoms with E-state index in [0.29, 0.717) is 30.4 Å². The molecule has 0 N–H and O–H groups in total. The van der Waals surface area contributed by atoms with E-state index >= 15 is 0 Å². The Morgan fingerprint density at radius 3 is 2.34 bits per heavy atom. The molecular weight excluding hydrogens is 370 g/mol. The van der Waals surface area contributed by atoms with E-state index < -0.39 is 0 Å². The van der Waals surface area contributed by atoms with E-state index in [1.54, 1.807) is 24.1 Å². The fourth-order valence-electron chi connectivity index (χ4n) is 2.76. The van der Waals surface area contributed by atoms with Crippen molar-refractivity contribution >= 4 is 5.91 Å². The van der Waals surface area contributed by atoms with Gasteiger partial charge in [0.1, 0.15) is 18.0 Å². The van der Waals surface area contributed by atoms with E-state index in [2.05, 4.69) is 17.1 Å². The van der Waals surface area contributed by atoms with Crippen molar-refractivity contribution in [2.24, 2.45) is 0 Å². The number of methoxy groups -OCH3 is 1. The van der Waals surface area contributed by atoms with E-state index in [1.165, 1.54) is 0 Å². The van der Waals surface area contributed by atoms with Crippen LogP contribution in [0, 0.1) is 0 Å². The average molecular weight is 395 g/mol. The van der Waals surface area contributed by atoms with E-state index in [0.717, 1.165) is 23.5 Å². The molecule has 0 saturated heterocycles. The molecule has 7 heteroatoms. The molecule has 0 unspecified atom stereocenters. The molecule has 0 aliphatic carbocycles. The van der Waals surface area contributed by atoms with Gasteiger partial charge in [0.2, 0.25) is 11.7 Å². The predicted octanol–water partition coefficient (Wildman–Crippen LogP) is 4.20. The first-order chi connectivity index (χ1) is 14.1. The molecule has 0 radical (unpaired) electrons. The summed E-state index contributed by atoms with van der Waals surface area (Å²) in [5.74, 6) is 2.27. The number of ether oxygens (including phenoxy) is 2. The predicted molar refractivity (Wildman–Crippen MR) is 109 cm³/mol. The van der Waals surface area contributed by atoms with Crippen molar-refractivity contribution in [1.82, 2.24) is 15.0 Å². The number of aromatic nitrogens is 2. The molecule has 1 amide bonds. The Hall–Kier alpha value is -3.35. The second kappa shape index (κ2) is 9.73. The normalized spacial score (nSPS) is 10.6. The van der Waals surface area contributed by atoms with Gasteiger partial charge in [-0.3, -0.25) is 4.79 Å². The highest BCUT2D eigenvalue weighted by Gasteiger charge is 2.18. The molecule has 7 nitrogen and oxygen atoms in total. The Morgan fingerprint density at radius 2 is 1.72 bits per heavy atom. The molecule has 0 bridgehead atoms.